The molecule has 1 atom stereocenters. The van der Waals surface area contributed by atoms with Gasteiger partial charge in [-0.2, -0.15) is 0 Å². The van der Waals surface area contributed by atoms with Gasteiger partial charge in [0.2, 0.25) is 5.91 Å². The van der Waals surface area contributed by atoms with Gasteiger partial charge < -0.3 is 5.32 Å². The molecule has 4 nitrogen and oxygen atoms in total. The molecule has 98 valence electrons. The first-order valence-electron chi connectivity index (χ1n) is 5.71. The predicted octanol–water partition coefficient (Wildman–Crippen LogP) is 1.89. The molecule has 0 bridgehead atoms. The molecule has 1 N–H and O–H groups in total. The highest BCUT2D eigenvalue weighted by Gasteiger charge is 2.33. The summed E-state index contributed by atoms with van der Waals surface area (Å²) in [4.78, 5) is 12.0. The maximum atomic E-state index is 12.2. The van der Waals surface area contributed by atoms with E-state index >= 15 is 0 Å². The van der Waals surface area contributed by atoms with E-state index in [1.807, 2.05) is 0 Å². The lowest BCUT2D eigenvalue weighted by atomic mass is 10.4. The van der Waals surface area contributed by atoms with Gasteiger partial charge in [-0.1, -0.05) is 22.0 Å². The fourth-order valence-corrected chi connectivity index (χ4v) is 3.40. The van der Waals surface area contributed by atoms with E-state index in [1.54, 1.807) is 12.1 Å². The zero-order valence-corrected chi connectivity index (χ0v) is 12.3. The van der Waals surface area contributed by atoms with E-state index < -0.39 is 21.0 Å². The summed E-state index contributed by atoms with van der Waals surface area (Å²) in [6.45, 7) is 1.42. The van der Waals surface area contributed by atoms with Gasteiger partial charge in [-0.25, -0.2) is 8.42 Å². The number of sulfone groups is 1. The van der Waals surface area contributed by atoms with Crippen LogP contribution in [0.3, 0.4) is 0 Å². The SMILES string of the molecule is CC(C(=O)NC1CC1)S(=O)(=O)c1cccc(Br)c1. The molecular formula is C12H14BrNO3S. The van der Waals surface area contributed by atoms with Gasteiger partial charge in [-0.05, 0) is 38.0 Å². The van der Waals surface area contributed by atoms with Gasteiger partial charge in [0.1, 0.15) is 5.25 Å². The van der Waals surface area contributed by atoms with Crippen molar-refractivity contribution in [2.75, 3.05) is 0 Å². The van der Waals surface area contributed by atoms with Gasteiger partial charge in [-0.3, -0.25) is 4.79 Å². The Morgan fingerprint density at radius 1 is 1.44 bits per heavy atom. The van der Waals surface area contributed by atoms with Crippen LogP contribution in [-0.2, 0) is 14.6 Å². The largest absolute Gasteiger partial charge is 0.352 e. The second kappa shape index (κ2) is 5.01. The first kappa shape index (κ1) is 13.5. The lowest BCUT2D eigenvalue weighted by Gasteiger charge is -2.13. The zero-order valence-electron chi connectivity index (χ0n) is 9.89. The number of nitrogens with one attached hydrogen (secondary N) is 1. The van der Waals surface area contributed by atoms with Crippen molar-refractivity contribution in [1.29, 1.82) is 0 Å². The van der Waals surface area contributed by atoms with Gasteiger partial charge >= 0.3 is 0 Å². The maximum Gasteiger partial charge on any atom is 0.238 e. The highest BCUT2D eigenvalue weighted by atomic mass is 79.9. The Kier molecular flexibility index (Phi) is 3.77. The molecule has 1 unspecified atom stereocenters. The van der Waals surface area contributed by atoms with Crippen molar-refractivity contribution in [3.8, 4) is 0 Å². The number of amides is 1. The second-order valence-corrected chi connectivity index (χ2v) is 7.61. The number of hydrogen-bond donors (Lipinski definition) is 1. The normalized spacial score (nSPS) is 17.2. The molecule has 1 aromatic rings. The first-order chi connectivity index (χ1) is 8.41. The number of benzene rings is 1. The Morgan fingerprint density at radius 2 is 2.11 bits per heavy atom. The summed E-state index contributed by atoms with van der Waals surface area (Å²) in [5, 5.41) is 1.65. The summed E-state index contributed by atoms with van der Waals surface area (Å²) in [6.07, 6.45) is 1.88. The minimum atomic E-state index is -3.62. The number of halogens is 1. The lowest BCUT2D eigenvalue weighted by molar-refractivity contribution is -0.120. The van der Waals surface area contributed by atoms with Crippen LogP contribution in [0.4, 0.5) is 0 Å². The van der Waals surface area contributed by atoms with Gasteiger partial charge in [0.05, 0.1) is 4.90 Å². The molecular weight excluding hydrogens is 318 g/mol. The molecule has 1 saturated carbocycles. The molecule has 1 aliphatic rings. The van der Waals surface area contributed by atoms with Gasteiger partial charge in [0, 0.05) is 10.5 Å². The number of rotatable bonds is 4. The monoisotopic (exact) mass is 331 g/mol. The van der Waals surface area contributed by atoms with Crippen LogP contribution in [0.5, 0.6) is 0 Å². The summed E-state index contributed by atoms with van der Waals surface area (Å²) in [5.41, 5.74) is 0. The van der Waals surface area contributed by atoms with E-state index in [4.69, 9.17) is 0 Å². The molecule has 2 rings (SSSR count). The summed E-state index contributed by atoms with van der Waals surface area (Å²) in [6, 6.07) is 6.56. The Balaban J connectivity index is 2.21. The maximum absolute atomic E-state index is 12.2. The second-order valence-electron chi connectivity index (χ2n) is 4.43. The molecule has 1 fully saturated rings. The van der Waals surface area contributed by atoms with Crippen molar-refractivity contribution in [3.63, 3.8) is 0 Å². The van der Waals surface area contributed by atoms with Crippen LogP contribution in [0.25, 0.3) is 0 Å². The van der Waals surface area contributed by atoms with Crippen LogP contribution < -0.4 is 5.32 Å². The fraction of sp³-hybridized carbons (Fsp3) is 0.417. The Labute approximate surface area is 115 Å². The Morgan fingerprint density at radius 3 is 2.67 bits per heavy atom. The zero-order chi connectivity index (χ0) is 13.3. The molecule has 0 heterocycles. The van der Waals surface area contributed by atoms with Crippen LogP contribution in [0.1, 0.15) is 19.8 Å². The van der Waals surface area contributed by atoms with Crippen molar-refractivity contribution < 1.29 is 13.2 Å². The van der Waals surface area contributed by atoms with E-state index in [2.05, 4.69) is 21.2 Å². The summed E-state index contributed by atoms with van der Waals surface area (Å²) < 4.78 is 25.2. The van der Waals surface area contributed by atoms with Gasteiger partial charge in [0.25, 0.3) is 0 Å². The van der Waals surface area contributed by atoms with E-state index in [-0.39, 0.29) is 10.9 Å². The summed E-state index contributed by atoms with van der Waals surface area (Å²) >= 11 is 3.23. The molecule has 0 spiro atoms. The molecule has 1 aliphatic carbocycles. The number of carbonyl (C=O) groups excluding carboxylic acids is 1. The molecule has 0 aliphatic heterocycles. The quantitative estimate of drug-likeness (QED) is 0.916. The molecule has 6 heteroatoms. The fourth-order valence-electron chi connectivity index (χ4n) is 1.54. The van der Waals surface area contributed by atoms with Crippen molar-refractivity contribution in [2.45, 2.75) is 36.0 Å². The minimum Gasteiger partial charge on any atom is -0.352 e. The predicted molar refractivity (Wildman–Crippen MR) is 72.0 cm³/mol. The van der Waals surface area contributed by atoms with Crippen molar-refractivity contribution in [3.05, 3.63) is 28.7 Å². The van der Waals surface area contributed by atoms with Crippen molar-refractivity contribution in [1.82, 2.24) is 5.32 Å². The number of hydrogen-bond acceptors (Lipinski definition) is 3. The molecule has 1 aromatic carbocycles. The van der Waals surface area contributed by atoms with Gasteiger partial charge in [-0.15, -0.1) is 0 Å². The van der Waals surface area contributed by atoms with Crippen LogP contribution in [0, 0.1) is 0 Å². The third-order valence-electron chi connectivity index (χ3n) is 2.88. The van der Waals surface area contributed by atoms with Crippen LogP contribution >= 0.6 is 15.9 Å². The molecule has 0 saturated heterocycles. The summed E-state index contributed by atoms with van der Waals surface area (Å²) in [7, 11) is -3.62. The van der Waals surface area contributed by atoms with E-state index in [9.17, 15) is 13.2 Å². The smallest absolute Gasteiger partial charge is 0.238 e. The van der Waals surface area contributed by atoms with Crippen molar-refractivity contribution >= 4 is 31.7 Å². The average Bonchev–Trinajstić information content (AvgIpc) is 3.11. The van der Waals surface area contributed by atoms with Crippen LogP contribution in [-0.4, -0.2) is 25.6 Å². The molecule has 1 amide bonds. The van der Waals surface area contributed by atoms with Crippen LogP contribution in [0.2, 0.25) is 0 Å². The van der Waals surface area contributed by atoms with Gasteiger partial charge in [0.15, 0.2) is 9.84 Å². The Bertz CT molecular complexity index is 566. The average molecular weight is 332 g/mol. The number of carbonyl (C=O) groups is 1. The highest BCUT2D eigenvalue weighted by Crippen LogP contribution is 2.22. The summed E-state index contributed by atoms with van der Waals surface area (Å²) in [5.74, 6) is -0.419. The standard InChI is InChI=1S/C12H14BrNO3S/c1-8(12(15)14-10-5-6-10)18(16,17)11-4-2-3-9(13)7-11/h2-4,7-8,10H,5-6H2,1H3,(H,14,15). The molecule has 18 heavy (non-hydrogen) atoms. The third-order valence-corrected chi connectivity index (χ3v) is 5.43. The van der Waals surface area contributed by atoms with E-state index in [0.29, 0.717) is 4.47 Å². The Hall–Kier alpha value is -0.880. The third kappa shape index (κ3) is 2.92. The lowest BCUT2D eigenvalue weighted by Crippen LogP contribution is -2.39. The molecule has 0 aromatic heterocycles. The van der Waals surface area contributed by atoms with E-state index in [1.165, 1.54) is 19.1 Å². The van der Waals surface area contributed by atoms with Crippen molar-refractivity contribution in [2.24, 2.45) is 0 Å². The molecule has 0 radical (unpaired) electrons. The van der Waals surface area contributed by atoms with E-state index in [0.717, 1.165) is 12.8 Å². The first-order valence-corrected chi connectivity index (χ1v) is 8.05. The topological polar surface area (TPSA) is 63.2 Å². The highest BCUT2D eigenvalue weighted by molar-refractivity contribution is 9.10. The van der Waals surface area contributed by atoms with Crippen LogP contribution in [0.15, 0.2) is 33.6 Å². The minimum absolute atomic E-state index is 0.162.